The largest absolute Gasteiger partial charge is 0.522 e. The highest BCUT2D eigenvalue weighted by atomic mass is 19.4. The van der Waals surface area contributed by atoms with E-state index in [9.17, 15) is 41.4 Å². The fourth-order valence-electron chi connectivity index (χ4n) is 8.05. The van der Waals surface area contributed by atoms with E-state index in [0.717, 1.165) is 24.2 Å². The first kappa shape index (κ1) is 50.1. The molecule has 66 heavy (non-hydrogen) atoms. The minimum Gasteiger partial charge on any atom is -0.493 e. The van der Waals surface area contributed by atoms with Crippen LogP contribution >= 0.6 is 0 Å². The van der Waals surface area contributed by atoms with Gasteiger partial charge in [-0.25, -0.2) is 0 Å². The van der Waals surface area contributed by atoms with E-state index in [4.69, 9.17) is 28.4 Å². The van der Waals surface area contributed by atoms with Crippen LogP contribution in [-0.4, -0.2) is 133 Å². The number of β-amino-alcohol motifs (C(OH)–C–C–N with tert-alkyl or cyclic N) is 1. The average molecular weight is 939 g/mol. The SMILES string of the molecule is COc1cc(C(=O)N2CC[C@@](O)(c3ccccn3)[C@H](O)C2)ccc1OCCOC(F)(F)F.COc1cc(CN2CC[C@]3(c4ccccn4)OC(C)(C)O[C@@H]3C2)ccc1OCCOC(F)(F)F. The van der Waals surface area contributed by atoms with Gasteiger partial charge in [-0.15, -0.1) is 26.3 Å². The molecule has 7 rings (SSSR count). The Kier molecular flexibility index (Phi) is 16.0. The fourth-order valence-corrected chi connectivity index (χ4v) is 8.05. The minimum absolute atomic E-state index is 0.0917. The number of hydrogen-bond donors (Lipinski definition) is 2. The number of likely N-dealkylation sites (tertiary alicyclic amines) is 2. The van der Waals surface area contributed by atoms with Crippen LogP contribution in [-0.2, 0) is 36.7 Å². The van der Waals surface area contributed by atoms with Crippen LogP contribution in [0.25, 0.3) is 0 Å². The van der Waals surface area contributed by atoms with E-state index in [2.05, 4.69) is 24.3 Å². The number of alkyl halides is 6. The molecule has 3 aliphatic rings. The van der Waals surface area contributed by atoms with Gasteiger partial charge in [-0.3, -0.25) is 29.1 Å². The van der Waals surface area contributed by atoms with Gasteiger partial charge in [-0.05, 0) is 80.4 Å². The van der Waals surface area contributed by atoms with Crippen molar-refractivity contribution in [3.05, 3.63) is 108 Å². The molecule has 2 N–H and O–H groups in total. The van der Waals surface area contributed by atoms with Gasteiger partial charge < -0.3 is 43.5 Å². The predicted octanol–water partition coefficient (Wildman–Crippen LogP) is 6.36. The summed E-state index contributed by atoms with van der Waals surface area (Å²) in [6, 6.07) is 20.5. The van der Waals surface area contributed by atoms with E-state index in [1.807, 2.05) is 44.2 Å². The van der Waals surface area contributed by atoms with E-state index < -0.39 is 54.9 Å². The number of amides is 1. The van der Waals surface area contributed by atoms with Crippen LogP contribution in [0, 0.1) is 0 Å². The monoisotopic (exact) mass is 938 g/mol. The van der Waals surface area contributed by atoms with Gasteiger partial charge in [-0.2, -0.15) is 0 Å². The summed E-state index contributed by atoms with van der Waals surface area (Å²) >= 11 is 0. The van der Waals surface area contributed by atoms with Crippen molar-refractivity contribution in [3.8, 4) is 23.0 Å². The summed E-state index contributed by atoms with van der Waals surface area (Å²) in [5, 5.41) is 21.4. The molecule has 5 heterocycles. The lowest BCUT2D eigenvalue weighted by atomic mass is 9.85. The number of rotatable bonds is 15. The zero-order chi connectivity index (χ0) is 47.8. The van der Waals surface area contributed by atoms with Gasteiger partial charge in [0.25, 0.3) is 5.91 Å². The number of aliphatic hydroxyl groups excluding tert-OH is 1. The third-order valence-electron chi connectivity index (χ3n) is 11.1. The highest BCUT2D eigenvalue weighted by Gasteiger charge is 2.57. The van der Waals surface area contributed by atoms with Crippen molar-refractivity contribution >= 4 is 5.91 Å². The minimum atomic E-state index is -4.74. The maximum atomic E-state index is 12.9. The molecule has 2 aromatic carbocycles. The quantitative estimate of drug-likeness (QED) is 0.100. The highest BCUT2D eigenvalue weighted by Crippen LogP contribution is 2.48. The molecule has 0 radical (unpaired) electrons. The summed E-state index contributed by atoms with van der Waals surface area (Å²) in [6.07, 6.45) is -6.73. The van der Waals surface area contributed by atoms with Crippen molar-refractivity contribution in [2.45, 2.75) is 75.2 Å². The Bertz CT molecular complexity index is 2210. The number of piperidine rings is 2. The van der Waals surface area contributed by atoms with Gasteiger partial charge in [0.2, 0.25) is 0 Å². The number of nitrogens with zero attached hydrogens (tertiary/aromatic N) is 4. The Balaban J connectivity index is 0.000000219. The summed E-state index contributed by atoms with van der Waals surface area (Å²) in [7, 11) is 2.83. The Morgan fingerprint density at radius 2 is 1.35 bits per heavy atom. The zero-order valence-corrected chi connectivity index (χ0v) is 36.6. The topological polar surface area (TPSA) is 164 Å². The first-order chi connectivity index (χ1) is 31.2. The second kappa shape index (κ2) is 21.1. The van der Waals surface area contributed by atoms with Crippen molar-refractivity contribution in [1.82, 2.24) is 19.8 Å². The lowest BCUT2D eigenvalue weighted by Gasteiger charge is -2.41. The maximum absolute atomic E-state index is 12.9. The number of pyridine rings is 2. The number of aliphatic hydroxyl groups is 2. The summed E-state index contributed by atoms with van der Waals surface area (Å²) in [4.78, 5) is 25.3. The first-order valence-corrected chi connectivity index (χ1v) is 20.9. The summed E-state index contributed by atoms with van der Waals surface area (Å²) in [6.45, 7) is 4.09. The molecule has 0 spiro atoms. The number of carbonyl (C=O) groups excluding carboxylic acids is 1. The smallest absolute Gasteiger partial charge is 0.493 e. The maximum Gasteiger partial charge on any atom is 0.522 e. The molecule has 4 aromatic rings. The van der Waals surface area contributed by atoms with Gasteiger partial charge >= 0.3 is 12.7 Å². The number of methoxy groups -OCH3 is 2. The Hall–Kier alpha value is -5.29. The van der Waals surface area contributed by atoms with Crippen molar-refractivity contribution in [1.29, 1.82) is 0 Å². The molecule has 0 bridgehead atoms. The summed E-state index contributed by atoms with van der Waals surface area (Å²) in [5.41, 5.74) is 0.275. The van der Waals surface area contributed by atoms with Gasteiger partial charge in [0, 0.05) is 50.6 Å². The fraction of sp³-hybridized carbons (Fsp3) is 0.489. The van der Waals surface area contributed by atoms with Gasteiger partial charge in [-0.1, -0.05) is 18.2 Å². The van der Waals surface area contributed by atoms with E-state index >= 15 is 0 Å². The molecular formula is C45H52F6N4O11. The van der Waals surface area contributed by atoms with Crippen LogP contribution in [0.2, 0.25) is 0 Å². The normalized spacial score (nSPS) is 23.0. The van der Waals surface area contributed by atoms with E-state index in [0.29, 0.717) is 30.3 Å². The lowest BCUT2D eigenvalue weighted by Crippen LogP contribution is -2.55. The molecule has 360 valence electrons. The number of hydrogen-bond acceptors (Lipinski definition) is 14. The van der Waals surface area contributed by atoms with Gasteiger partial charge in [0.1, 0.15) is 36.6 Å². The summed E-state index contributed by atoms with van der Waals surface area (Å²) in [5.74, 6) is 0.00169. The van der Waals surface area contributed by atoms with E-state index in [1.54, 1.807) is 30.5 Å². The van der Waals surface area contributed by atoms with E-state index in [1.165, 1.54) is 43.5 Å². The van der Waals surface area contributed by atoms with Crippen LogP contribution in [0.1, 0.15) is 54.0 Å². The predicted molar refractivity (Wildman–Crippen MR) is 221 cm³/mol. The first-order valence-electron chi connectivity index (χ1n) is 20.9. The van der Waals surface area contributed by atoms with Crippen LogP contribution in [0.5, 0.6) is 23.0 Å². The third kappa shape index (κ3) is 12.8. The molecular weight excluding hydrogens is 886 g/mol. The highest BCUT2D eigenvalue weighted by molar-refractivity contribution is 5.95. The van der Waals surface area contributed by atoms with Crippen molar-refractivity contribution in [2.24, 2.45) is 0 Å². The molecule has 3 fully saturated rings. The Labute approximate surface area is 377 Å². The molecule has 3 aliphatic heterocycles. The number of halogens is 6. The molecule has 4 atom stereocenters. The molecule has 3 saturated heterocycles. The van der Waals surface area contributed by atoms with Crippen LogP contribution in [0.3, 0.4) is 0 Å². The van der Waals surface area contributed by atoms with Gasteiger partial charge in [0.05, 0.1) is 45.4 Å². The van der Waals surface area contributed by atoms with E-state index in [-0.39, 0.29) is 55.9 Å². The van der Waals surface area contributed by atoms with Crippen molar-refractivity contribution in [3.63, 3.8) is 0 Å². The molecule has 0 aliphatic carbocycles. The molecule has 2 aromatic heterocycles. The summed E-state index contributed by atoms with van der Waals surface area (Å²) < 4.78 is 114. The standard InChI is InChI=1S/C24H29F3N2O5.C21H23F3N2O6/c1-22(2)33-21-16-29(11-9-23(21,34-22)20-6-4-5-10-28-20)15-17-7-8-18(19(14-17)30-3)31-12-13-32-24(25,26)27;1-30-16-12-14(5-6-15(16)31-10-11-32-21(22,23)24)19(28)26-9-7-20(29,18(27)13-26)17-4-2-3-8-25-17/h4-8,10,14,21H,9,11-13,15-16H2,1-3H3;2-6,8,12,18,27,29H,7,9-11,13H2,1H3/t21-,23-;18-,20-/m11/s1. The van der Waals surface area contributed by atoms with Crippen molar-refractivity contribution in [2.75, 3.05) is 66.8 Å². The number of aromatic nitrogens is 2. The van der Waals surface area contributed by atoms with Crippen LogP contribution < -0.4 is 18.9 Å². The molecule has 0 saturated carbocycles. The number of carbonyl (C=O) groups is 1. The number of ether oxygens (including phenoxy) is 8. The Morgan fingerprint density at radius 1 is 0.758 bits per heavy atom. The second-order valence-corrected chi connectivity index (χ2v) is 16.0. The Morgan fingerprint density at radius 3 is 1.91 bits per heavy atom. The zero-order valence-electron chi connectivity index (χ0n) is 36.6. The van der Waals surface area contributed by atoms with Crippen LogP contribution in [0.15, 0.2) is 85.2 Å². The second-order valence-electron chi connectivity index (χ2n) is 16.0. The lowest BCUT2D eigenvalue weighted by molar-refractivity contribution is -0.326. The molecule has 21 heteroatoms. The number of fused-ring (bicyclic) bond motifs is 1. The number of benzene rings is 2. The molecule has 15 nitrogen and oxygen atoms in total. The van der Waals surface area contributed by atoms with Crippen LogP contribution in [0.4, 0.5) is 26.3 Å². The molecule has 0 unspecified atom stereocenters. The third-order valence-corrected chi connectivity index (χ3v) is 11.1. The van der Waals surface area contributed by atoms with Gasteiger partial charge in [0.15, 0.2) is 28.8 Å². The molecule has 1 amide bonds. The average Bonchev–Trinajstić information content (AvgIpc) is 3.58. The van der Waals surface area contributed by atoms with Crippen molar-refractivity contribution < 1.29 is 79.2 Å².